The van der Waals surface area contributed by atoms with E-state index in [4.69, 9.17) is 4.74 Å². The van der Waals surface area contributed by atoms with Gasteiger partial charge >= 0.3 is 6.09 Å². The van der Waals surface area contributed by atoms with Gasteiger partial charge in [0.2, 0.25) is 0 Å². The zero-order chi connectivity index (χ0) is 15.0. The minimum atomic E-state index is -1.17. The number of hydrogen-bond acceptors (Lipinski definition) is 3. The van der Waals surface area contributed by atoms with Crippen LogP contribution in [0.3, 0.4) is 0 Å². The molecule has 2 rings (SSSR count). The minimum Gasteiger partial charge on any atom is -0.444 e. The van der Waals surface area contributed by atoms with Crippen LogP contribution in [0, 0.1) is 11.8 Å². The Morgan fingerprint density at radius 2 is 2.15 bits per heavy atom. The Labute approximate surface area is 121 Å². The molecule has 0 aromatic carbocycles. The van der Waals surface area contributed by atoms with E-state index in [2.05, 4.69) is 5.32 Å². The van der Waals surface area contributed by atoms with Gasteiger partial charge in [0.25, 0.3) is 0 Å². The summed E-state index contributed by atoms with van der Waals surface area (Å²) in [5.41, 5.74) is -1.64. The van der Waals surface area contributed by atoms with Crippen LogP contribution in [0.2, 0.25) is 0 Å². The van der Waals surface area contributed by atoms with Crippen LogP contribution >= 0.6 is 0 Å². The molecule has 4 nitrogen and oxygen atoms in total. The molecule has 1 amide bonds. The highest BCUT2D eigenvalue weighted by molar-refractivity contribution is 5.68. The van der Waals surface area contributed by atoms with Crippen LogP contribution in [0.4, 0.5) is 9.18 Å². The van der Waals surface area contributed by atoms with Gasteiger partial charge in [-0.2, -0.15) is 0 Å². The average molecular weight is 286 g/mol. The quantitative estimate of drug-likeness (QED) is 0.805. The number of carbonyl (C=O) groups is 1. The predicted molar refractivity (Wildman–Crippen MR) is 76.4 cm³/mol. The molecule has 2 aliphatic rings. The van der Waals surface area contributed by atoms with Crippen LogP contribution in [0.15, 0.2) is 0 Å². The van der Waals surface area contributed by atoms with Crippen LogP contribution in [0.1, 0.15) is 40.5 Å². The van der Waals surface area contributed by atoms with Gasteiger partial charge in [-0.3, -0.25) is 0 Å². The highest BCUT2D eigenvalue weighted by Gasteiger charge is 2.45. The second-order valence-corrected chi connectivity index (χ2v) is 7.34. The molecule has 2 aliphatic heterocycles. The number of carbonyl (C=O) groups excluding carboxylic acids is 1. The molecule has 0 radical (unpaired) electrons. The van der Waals surface area contributed by atoms with E-state index in [1.165, 1.54) is 0 Å². The number of nitrogens with one attached hydrogen (secondary N) is 1. The van der Waals surface area contributed by atoms with Crippen molar-refractivity contribution in [3.8, 4) is 0 Å². The molecule has 3 unspecified atom stereocenters. The van der Waals surface area contributed by atoms with Crippen LogP contribution in [-0.4, -0.2) is 48.4 Å². The maximum absolute atomic E-state index is 14.5. The van der Waals surface area contributed by atoms with E-state index in [0.29, 0.717) is 26.2 Å². The zero-order valence-corrected chi connectivity index (χ0v) is 13.0. The Kier molecular flexibility index (Phi) is 4.28. The summed E-state index contributed by atoms with van der Waals surface area (Å²) in [6, 6.07) is 0. The largest absolute Gasteiger partial charge is 0.444 e. The second kappa shape index (κ2) is 5.51. The van der Waals surface area contributed by atoms with Crippen molar-refractivity contribution in [2.45, 2.75) is 51.8 Å². The normalized spacial score (nSPS) is 35.1. The Hall–Kier alpha value is -0.840. The Bertz CT molecular complexity index is 365. The van der Waals surface area contributed by atoms with Crippen LogP contribution < -0.4 is 5.32 Å². The molecule has 1 N–H and O–H groups in total. The van der Waals surface area contributed by atoms with Gasteiger partial charge in [-0.25, -0.2) is 9.18 Å². The van der Waals surface area contributed by atoms with Crippen molar-refractivity contribution in [3.63, 3.8) is 0 Å². The lowest BCUT2D eigenvalue weighted by molar-refractivity contribution is 0.00528. The molecule has 116 valence electrons. The van der Waals surface area contributed by atoms with E-state index in [1.54, 1.807) is 11.8 Å². The molecule has 0 aromatic rings. The summed E-state index contributed by atoms with van der Waals surface area (Å²) in [6.45, 7) is 9.73. The van der Waals surface area contributed by atoms with Gasteiger partial charge in [0, 0.05) is 32.1 Å². The van der Waals surface area contributed by atoms with E-state index in [-0.39, 0.29) is 17.9 Å². The number of alkyl halides is 1. The first kappa shape index (κ1) is 15.5. The monoisotopic (exact) mass is 286 g/mol. The summed E-state index contributed by atoms with van der Waals surface area (Å²) < 4.78 is 19.9. The third kappa shape index (κ3) is 3.62. The van der Waals surface area contributed by atoms with Crippen molar-refractivity contribution in [3.05, 3.63) is 0 Å². The fraction of sp³-hybridized carbons (Fsp3) is 0.933. The molecular weight excluding hydrogens is 259 g/mol. The van der Waals surface area contributed by atoms with Gasteiger partial charge in [0.05, 0.1) is 0 Å². The highest BCUT2D eigenvalue weighted by atomic mass is 19.1. The maximum Gasteiger partial charge on any atom is 0.410 e. The van der Waals surface area contributed by atoms with Crippen molar-refractivity contribution in [2.24, 2.45) is 11.8 Å². The lowest BCUT2D eigenvalue weighted by atomic mass is 9.78. The standard InChI is InChI=1S/C15H27FN2O2/c1-14(2,3)20-13(19)18-7-5-6-11(9-18)12-8-17-10-15(12,4)16/h11-12,17H,5-10H2,1-4H3. The smallest absolute Gasteiger partial charge is 0.410 e. The zero-order valence-electron chi connectivity index (χ0n) is 13.0. The fourth-order valence-corrected chi connectivity index (χ4v) is 3.30. The van der Waals surface area contributed by atoms with Crippen LogP contribution in [0.5, 0.6) is 0 Å². The molecule has 20 heavy (non-hydrogen) atoms. The molecule has 3 atom stereocenters. The van der Waals surface area contributed by atoms with Gasteiger partial charge in [-0.05, 0) is 46.5 Å². The van der Waals surface area contributed by atoms with Gasteiger partial charge in [0.15, 0.2) is 0 Å². The first-order chi connectivity index (χ1) is 9.19. The number of rotatable bonds is 1. The number of likely N-dealkylation sites (tertiary alicyclic amines) is 1. The summed E-state index contributed by atoms with van der Waals surface area (Å²) >= 11 is 0. The van der Waals surface area contributed by atoms with Crippen molar-refractivity contribution in [1.82, 2.24) is 10.2 Å². The fourth-order valence-electron chi connectivity index (χ4n) is 3.30. The topological polar surface area (TPSA) is 41.6 Å². The number of hydrogen-bond donors (Lipinski definition) is 1. The number of amides is 1. The third-order valence-corrected chi connectivity index (χ3v) is 4.29. The summed E-state index contributed by atoms with van der Waals surface area (Å²) in [5, 5.41) is 3.13. The van der Waals surface area contributed by atoms with E-state index in [1.807, 2.05) is 20.8 Å². The summed E-state index contributed by atoms with van der Waals surface area (Å²) in [5.74, 6) is 0.217. The second-order valence-electron chi connectivity index (χ2n) is 7.34. The van der Waals surface area contributed by atoms with E-state index >= 15 is 0 Å². The number of ether oxygens (including phenoxy) is 1. The number of nitrogens with zero attached hydrogens (tertiary/aromatic N) is 1. The SMILES string of the molecule is CC(C)(C)OC(=O)N1CCCC(C2CNCC2(C)F)C1. The van der Waals surface area contributed by atoms with Crippen molar-refractivity contribution in [1.29, 1.82) is 0 Å². The molecule has 0 aliphatic carbocycles. The minimum absolute atomic E-state index is 0.00673. The van der Waals surface area contributed by atoms with Crippen molar-refractivity contribution < 1.29 is 13.9 Å². The number of piperidine rings is 1. The van der Waals surface area contributed by atoms with Gasteiger partial charge < -0.3 is 15.0 Å². The first-order valence-corrected chi connectivity index (χ1v) is 7.56. The van der Waals surface area contributed by atoms with Crippen molar-refractivity contribution in [2.75, 3.05) is 26.2 Å². The summed E-state index contributed by atoms with van der Waals surface area (Å²) in [4.78, 5) is 13.9. The molecule has 5 heteroatoms. The average Bonchev–Trinajstić information content (AvgIpc) is 2.67. The van der Waals surface area contributed by atoms with Gasteiger partial charge in [-0.15, -0.1) is 0 Å². The van der Waals surface area contributed by atoms with Crippen LogP contribution in [-0.2, 0) is 4.74 Å². The van der Waals surface area contributed by atoms with E-state index in [0.717, 1.165) is 12.8 Å². The number of halogens is 1. The molecule has 2 fully saturated rings. The van der Waals surface area contributed by atoms with Gasteiger partial charge in [-0.1, -0.05) is 0 Å². The van der Waals surface area contributed by atoms with Crippen molar-refractivity contribution >= 4 is 6.09 Å². The first-order valence-electron chi connectivity index (χ1n) is 7.56. The molecule has 0 aromatic heterocycles. The van der Waals surface area contributed by atoms with Crippen LogP contribution in [0.25, 0.3) is 0 Å². The summed E-state index contributed by atoms with van der Waals surface area (Å²) in [6.07, 6.45) is 1.65. The van der Waals surface area contributed by atoms with Gasteiger partial charge in [0.1, 0.15) is 11.3 Å². The summed E-state index contributed by atoms with van der Waals surface area (Å²) in [7, 11) is 0. The van der Waals surface area contributed by atoms with E-state index < -0.39 is 11.3 Å². The highest BCUT2D eigenvalue weighted by Crippen LogP contribution is 2.36. The van der Waals surface area contributed by atoms with E-state index in [9.17, 15) is 9.18 Å². The maximum atomic E-state index is 14.5. The molecule has 0 spiro atoms. The Morgan fingerprint density at radius 3 is 2.70 bits per heavy atom. The molecular formula is C15H27FN2O2. The predicted octanol–water partition coefficient (Wildman–Crippen LogP) is 2.58. The lowest BCUT2D eigenvalue weighted by Crippen LogP contribution is -2.47. The Balaban J connectivity index is 1.97. The third-order valence-electron chi connectivity index (χ3n) is 4.29. The molecule has 0 bridgehead atoms. The Morgan fingerprint density at radius 1 is 1.45 bits per heavy atom. The lowest BCUT2D eigenvalue weighted by Gasteiger charge is -2.38. The molecule has 0 saturated carbocycles. The molecule has 2 saturated heterocycles. The molecule has 2 heterocycles.